The molecule has 0 saturated carbocycles. The number of aryl methyl sites for hydroxylation is 1. The van der Waals surface area contributed by atoms with Crippen LogP contribution in [0.15, 0.2) is 79.0 Å². The minimum atomic E-state index is 0.514. The number of pyridine rings is 2. The van der Waals surface area contributed by atoms with E-state index >= 15 is 0 Å². The van der Waals surface area contributed by atoms with Crippen molar-refractivity contribution >= 4 is 16.6 Å². The van der Waals surface area contributed by atoms with Crippen LogP contribution in [0.5, 0.6) is 0 Å². The van der Waals surface area contributed by atoms with Gasteiger partial charge in [-0.1, -0.05) is 54.6 Å². The topological polar surface area (TPSA) is 97.8 Å². The molecule has 0 spiro atoms. The molecule has 0 unspecified atom stereocenters. The Kier molecular flexibility index (Phi) is 4.48. The SMILES string of the molecule is Cc1cc(-c2nnc3c4cc(-c5ccccc5)c(-c5ccc(CN)cc5)nc4ccn23)n[nH]1. The van der Waals surface area contributed by atoms with Gasteiger partial charge in [-0.25, -0.2) is 4.98 Å². The Morgan fingerprint density at radius 3 is 2.45 bits per heavy atom. The second-order valence-electron chi connectivity index (χ2n) is 8.05. The highest BCUT2D eigenvalue weighted by atomic mass is 15.3. The Labute approximate surface area is 189 Å². The molecule has 7 nitrogen and oxygen atoms in total. The van der Waals surface area contributed by atoms with Gasteiger partial charge in [-0.3, -0.25) is 9.50 Å². The molecule has 0 amide bonds. The molecule has 4 aromatic heterocycles. The number of fused-ring (bicyclic) bond motifs is 3. The number of benzene rings is 2. The van der Waals surface area contributed by atoms with Gasteiger partial charge in [-0.05, 0) is 36.2 Å². The molecule has 6 rings (SSSR count). The van der Waals surface area contributed by atoms with E-state index in [0.717, 1.165) is 55.9 Å². The summed E-state index contributed by atoms with van der Waals surface area (Å²) in [5.41, 5.74) is 14.3. The molecular formula is C26H21N7. The standard InChI is InChI=1S/C26H21N7/c1-16-13-23(30-29-16)26-32-31-25-21-14-20(18-5-3-2-4-6-18)24(28-22(21)11-12-33(25)26)19-9-7-17(15-27)8-10-19/h2-14H,15,27H2,1H3,(H,29,30). The number of hydrogen-bond donors (Lipinski definition) is 2. The predicted molar refractivity (Wildman–Crippen MR) is 129 cm³/mol. The summed E-state index contributed by atoms with van der Waals surface area (Å²) in [6.45, 7) is 2.48. The highest BCUT2D eigenvalue weighted by molar-refractivity contribution is 5.98. The Balaban J connectivity index is 1.61. The molecule has 4 heterocycles. The maximum atomic E-state index is 5.79. The third kappa shape index (κ3) is 3.26. The highest BCUT2D eigenvalue weighted by Crippen LogP contribution is 2.35. The second kappa shape index (κ2) is 7.65. The van der Waals surface area contributed by atoms with E-state index in [-0.39, 0.29) is 0 Å². The van der Waals surface area contributed by atoms with E-state index in [1.165, 1.54) is 0 Å². The fourth-order valence-corrected chi connectivity index (χ4v) is 4.16. The average Bonchev–Trinajstić information content (AvgIpc) is 3.50. The van der Waals surface area contributed by atoms with Gasteiger partial charge in [0, 0.05) is 34.9 Å². The zero-order valence-electron chi connectivity index (χ0n) is 18.0. The van der Waals surface area contributed by atoms with Crippen molar-refractivity contribution in [2.75, 3.05) is 0 Å². The van der Waals surface area contributed by atoms with Crippen LogP contribution in [0.25, 0.3) is 50.5 Å². The first kappa shape index (κ1) is 19.3. The van der Waals surface area contributed by atoms with Gasteiger partial charge in [0.05, 0.1) is 11.2 Å². The zero-order chi connectivity index (χ0) is 22.4. The number of H-pyrrole nitrogens is 1. The molecule has 3 N–H and O–H groups in total. The van der Waals surface area contributed by atoms with Crippen molar-refractivity contribution in [1.29, 1.82) is 0 Å². The summed E-state index contributed by atoms with van der Waals surface area (Å²) >= 11 is 0. The molecule has 160 valence electrons. The largest absolute Gasteiger partial charge is 0.326 e. The summed E-state index contributed by atoms with van der Waals surface area (Å²) in [6, 6.07) is 24.7. The molecule has 7 heteroatoms. The number of nitrogens with zero attached hydrogens (tertiary/aromatic N) is 5. The van der Waals surface area contributed by atoms with Crippen LogP contribution in [-0.2, 0) is 6.54 Å². The minimum Gasteiger partial charge on any atom is -0.326 e. The van der Waals surface area contributed by atoms with Crippen molar-refractivity contribution in [3.8, 4) is 33.9 Å². The summed E-state index contributed by atoms with van der Waals surface area (Å²) in [6.07, 6.45) is 1.95. The molecule has 0 bridgehead atoms. The quantitative estimate of drug-likeness (QED) is 0.419. The fourth-order valence-electron chi connectivity index (χ4n) is 4.16. The van der Waals surface area contributed by atoms with Gasteiger partial charge in [-0.15, -0.1) is 10.2 Å². The lowest BCUT2D eigenvalue weighted by molar-refractivity contribution is 1.02. The molecule has 0 aliphatic carbocycles. The predicted octanol–water partition coefficient (Wildman–Crippen LogP) is 4.77. The van der Waals surface area contributed by atoms with Crippen molar-refractivity contribution in [2.24, 2.45) is 5.73 Å². The van der Waals surface area contributed by atoms with E-state index in [9.17, 15) is 0 Å². The summed E-state index contributed by atoms with van der Waals surface area (Å²) in [5.74, 6) is 0.693. The molecular weight excluding hydrogens is 410 g/mol. The molecule has 33 heavy (non-hydrogen) atoms. The second-order valence-corrected chi connectivity index (χ2v) is 8.05. The van der Waals surface area contributed by atoms with Crippen molar-refractivity contribution < 1.29 is 0 Å². The summed E-state index contributed by atoms with van der Waals surface area (Å²) in [4.78, 5) is 5.08. The van der Waals surface area contributed by atoms with Gasteiger partial charge >= 0.3 is 0 Å². The van der Waals surface area contributed by atoms with Gasteiger partial charge in [0.1, 0.15) is 5.69 Å². The molecule has 0 radical (unpaired) electrons. The molecule has 0 aliphatic heterocycles. The van der Waals surface area contributed by atoms with Crippen molar-refractivity contribution in [1.82, 2.24) is 29.8 Å². The Morgan fingerprint density at radius 2 is 1.73 bits per heavy atom. The first-order valence-electron chi connectivity index (χ1n) is 10.8. The van der Waals surface area contributed by atoms with Gasteiger partial charge in [0.2, 0.25) is 0 Å². The van der Waals surface area contributed by atoms with E-state index in [4.69, 9.17) is 10.7 Å². The number of rotatable bonds is 4. The van der Waals surface area contributed by atoms with Crippen LogP contribution in [0.4, 0.5) is 0 Å². The average molecular weight is 432 g/mol. The minimum absolute atomic E-state index is 0.514. The van der Waals surface area contributed by atoms with E-state index < -0.39 is 0 Å². The van der Waals surface area contributed by atoms with E-state index in [0.29, 0.717) is 12.4 Å². The molecule has 0 saturated heterocycles. The van der Waals surface area contributed by atoms with Gasteiger partial charge in [0.15, 0.2) is 11.5 Å². The molecule has 0 aliphatic rings. The van der Waals surface area contributed by atoms with Crippen molar-refractivity contribution in [2.45, 2.75) is 13.5 Å². The fraction of sp³-hybridized carbons (Fsp3) is 0.0769. The highest BCUT2D eigenvalue weighted by Gasteiger charge is 2.17. The summed E-state index contributed by atoms with van der Waals surface area (Å²) in [7, 11) is 0. The van der Waals surface area contributed by atoms with Crippen molar-refractivity contribution in [3.63, 3.8) is 0 Å². The third-order valence-corrected chi connectivity index (χ3v) is 5.85. The summed E-state index contributed by atoms with van der Waals surface area (Å²) < 4.78 is 1.96. The van der Waals surface area contributed by atoms with Crippen LogP contribution in [0, 0.1) is 6.92 Å². The Bertz CT molecular complexity index is 1600. The van der Waals surface area contributed by atoms with Crippen molar-refractivity contribution in [3.05, 3.63) is 90.3 Å². The van der Waals surface area contributed by atoms with Crippen LogP contribution in [0.2, 0.25) is 0 Å². The smallest absolute Gasteiger partial charge is 0.188 e. The zero-order valence-corrected chi connectivity index (χ0v) is 18.0. The van der Waals surface area contributed by atoms with Crippen LogP contribution < -0.4 is 5.73 Å². The number of nitrogens with two attached hydrogens (primary N) is 1. The monoisotopic (exact) mass is 431 g/mol. The summed E-state index contributed by atoms with van der Waals surface area (Å²) in [5, 5.41) is 17.2. The Morgan fingerprint density at radius 1 is 0.909 bits per heavy atom. The maximum Gasteiger partial charge on any atom is 0.188 e. The van der Waals surface area contributed by atoms with Gasteiger partial charge in [0.25, 0.3) is 0 Å². The number of hydrogen-bond acceptors (Lipinski definition) is 5. The lowest BCUT2D eigenvalue weighted by Gasteiger charge is -2.12. The number of nitrogens with one attached hydrogen (secondary N) is 1. The first-order valence-corrected chi connectivity index (χ1v) is 10.8. The maximum absolute atomic E-state index is 5.79. The van der Waals surface area contributed by atoms with Crippen LogP contribution in [-0.4, -0.2) is 29.8 Å². The number of aromatic amines is 1. The van der Waals surface area contributed by atoms with Gasteiger partial charge in [-0.2, -0.15) is 5.10 Å². The van der Waals surface area contributed by atoms with E-state index in [2.05, 4.69) is 62.9 Å². The molecule has 6 aromatic rings. The van der Waals surface area contributed by atoms with Crippen LogP contribution >= 0.6 is 0 Å². The lowest BCUT2D eigenvalue weighted by Crippen LogP contribution is -1.97. The van der Waals surface area contributed by atoms with E-state index in [1.807, 2.05) is 47.9 Å². The van der Waals surface area contributed by atoms with Crippen LogP contribution in [0.3, 0.4) is 0 Å². The molecule has 2 aromatic carbocycles. The lowest BCUT2D eigenvalue weighted by atomic mass is 9.97. The van der Waals surface area contributed by atoms with E-state index in [1.54, 1.807) is 0 Å². The van der Waals surface area contributed by atoms with Crippen LogP contribution in [0.1, 0.15) is 11.3 Å². The van der Waals surface area contributed by atoms with Gasteiger partial charge < -0.3 is 5.73 Å². The third-order valence-electron chi connectivity index (χ3n) is 5.85. The Hall–Kier alpha value is -4.36. The first-order chi connectivity index (χ1) is 16.2. The molecule has 0 atom stereocenters. The molecule has 0 fully saturated rings. The normalized spacial score (nSPS) is 11.5. The number of aromatic nitrogens is 6.